The topological polar surface area (TPSA) is 15.7 Å². The van der Waals surface area contributed by atoms with Crippen molar-refractivity contribution < 1.29 is 4.74 Å². The number of methoxy groups -OCH3 is 1. The zero-order chi connectivity index (χ0) is 7.84. The molecule has 2 aliphatic rings. The highest BCUT2D eigenvalue weighted by Crippen LogP contribution is 2.28. The number of piperazine rings is 1. The minimum absolute atomic E-state index is 0.768. The van der Waals surface area contributed by atoms with Gasteiger partial charge in [-0.05, 0) is 13.5 Å². The van der Waals surface area contributed by atoms with Crippen LogP contribution in [0.25, 0.3) is 0 Å². The van der Waals surface area contributed by atoms with Crippen molar-refractivity contribution in [2.45, 2.75) is 18.5 Å². The van der Waals surface area contributed by atoms with Crippen molar-refractivity contribution in [3.8, 4) is 0 Å². The fourth-order valence-electron chi connectivity index (χ4n) is 2.27. The first kappa shape index (κ1) is 7.53. The highest BCUT2D eigenvalue weighted by molar-refractivity contribution is 4.97. The Morgan fingerprint density at radius 1 is 1.36 bits per heavy atom. The number of fused-ring (bicyclic) bond motifs is 2. The number of hydrogen-bond donors (Lipinski definition) is 0. The van der Waals surface area contributed by atoms with Crippen LogP contribution in [0.15, 0.2) is 0 Å². The molecule has 11 heavy (non-hydrogen) atoms. The predicted octanol–water partition coefficient (Wildman–Crippen LogP) is -0.0214. The third-order valence-electron chi connectivity index (χ3n) is 2.92. The van der Waals surface area contributed by atoms with E-state index in [-0.39, 0.29) is 0 Å². The Morgan fingerprint density at radius 2 is 2.18 bits per heavy atom. The molecule has 0 saturated carbocycles. The monoisotopic (exact) mass is 156 g/mol. The van der Waals surface area contributed by atoms with Gasteiger partial charge in [-0.3, -0.25) is 4.90 Å². The van der Waals surface area contributed by atoms with Crippen molar-refractivity contribution in [2.24, 2.45) is 0 Å². The van der Waals surface area contributed by atoms with E-state index in [9.17, 15) is 0 Å². The van der Waals surface area contributed by atoms with Gasteiger partial charge in [0.1, 0.15) is 0 Å². The maximum Gasteiger partial charge on any atom is 0.0989 e. The number of likely N-dealkylation sites (tertiary alicyclic amines) is 2. The third-order valence-corrected chi connectivity index (χ3v) is 2.92. The zero-order valence-electron chi connectivity index (χ0n) is 7.29. The maximum atomic E-state index is 5.12. The molecule has 2 saturated heterocycles. The maximum absolute atomic E-state index is 5.12. The van der Waals surface area contributed by atoms with E-state index in [0.29, 0.717) is 0 Å². The molecule has 0 radical (unpaired) electrons. The van der Waals surface area contributed by atoms with Gasteiger partial charge >= 0.3 is 0 Å². The van der Waals surface area contributed by atoms with Crippen molar-refractivity contribution >= 4 is 0 Å². The summed E-state index contributed by atoms with van der Waals surface area (Å²) >= 11 is 0. The molecule has 0 aromatic rings. The van der Waals surface area contributed by atoms with Crippen LogP contribution in [0.2, 0.25) is 0 Å². The summed E-state index contributed by atoms with van der Waals surface area (Å²) in [6.07, 6.45) is 1.35. The Balaban J connectivity index is 1.92. The molecule has 0 aromatic heterocycles. The summed E-state index contributed by atoms with van der Waals surface area (Å²) in [4.78, 5) is 4.89. The lowest BCUT2D eigenvalue weighted by Crippen LogP contribution is -2.45. The first-order valence-corrected chi connectivity index (χ1v) is 4.24. The van der Waals surface area contributed by atoms with Crippen LogP contribution >= 0.6 is 0 Å². The fraction of sp³-hybridized carbons (Fsp3) is 1.00. The number of rotatable bonds is 2. The average Bonchev–Trinajstić information content (AvgIpc) is 2.47. The van der Waals surface area contributed by atoms with Gasteiger partial charge in [0, 0.05) is 32.3 Å². The Morgan fingerprint density at radius 3 is 2.64 bits per heavy atom. The molecule has 2 fully saturated rings. The minimum Gasteiger partial charge on any atom is -0.369 e. The van der Waals surface area contributed by atoms with Crippen molar-refractivity contribution in [3.05, 3.63) is 0 Å². The molecular formula is C8H16N2O. The second-order valence-electron chi connectivity index (χ2n) is 3.67. The van der Waals surface area contributed by atoms with Gasteiger partial charge in [0.2, 0.25) is 0 Å². The van der Waals surface area contributed by atoms with Crippen LogP contribution in [0.4, 0.5) is 0 Å². The molecular weight excluding hydrogens is 140 g/mol. The van der Waals surface area contributed by atoms with E-state index in [1.165, 1.54) is 19.5 Å². The molecule has 64 valence electrons. The smallest absolute Gasteiger partial charge is 0.0989 e. The normalized spacial score (nSPS) is 38.7. The quantitative estimate of drug-likeness (QED) is 0.559. The summed E-state index contributed by atoms with van der Waals surface area (Å²) in [5.41, 5.74) is 0. The molecule has 2 rings (SSSR count). The first-order valence-electron chi connectivity index (χ1n) is 4.24. The van der Waals surface area contributed by atoms with Crippen molar-refractivity contribution in [1.29, 1.82) is 0 Å². The van der Waals surface area contributed by atoms with Crippen LogP contribution in [0.3, 0.4) is 0 Å². The number of likely N-dealkylation sites (N-methyl/N-ethyl adjacent to an activating group) is 1. The van der Waals surface area contributed by atoms with Gasteiger partial charge in [-0.2, -0.15) is 0 Å². The van der Waals surface area contributed by atoms with Crippen molar-refractivity contribution in [2.75, 3.05) is 34.0 Å². The second-order valence-corrected chi connectivity index (χ2v) is 3.67. The predicted molar refractivity (Wildman–Crippen MR) is 43.4 cm³/mol. The van der Waals surface area contributed by atoms with Gasteiger partial charge in [0.15, 0.2) is 0 Å². The van der Waals surface area contributed by atoms with Gasteiger partial charge in [0.05, 0.1) is 6.73 Å². The Labute approximate surface area is 67.9 Å². The van der Waals surface area contributed by atoms with E-state index < -0.39 is 0 Å². The summed E-state index contributed by atoms with van der Waals surface area (Å²) in [5.74, 6) is 0. The molecule has 3 nitrogen and oxygen atoms in total. The van der Waals surface area contributed by atoms with Gasteiger partial charge in [-0.1, -0.05) is 0 Å². The Bertz CT molecular complexity index is 149. The second kappa shape index (κ2) is 2.73. The van der Waals surface area contributed by atoms with E-state index in [1.807, 2.05) is 0 Å². The largest absolute Gasteiger partial charge is 0.369 e. The third kappa shape index (κ3) is 1.17. The Hall–Kier alpha value is -0.120. The standard InChI is InChI=1S/C8H16N2O/c1-9-4-8-3-7(9)5-10(8)6-11-2/h7-8H,3-6H2,1-2H3. The van der Waals surface area contributed by atoms with Gasteiger partial charge in [-0.25, -0.2) is 0 Å². The van der Waals surface area contributed by atoms with E-state index in [4.69, 9.17) is 4.74 Å². The minimum atomic E-state index is 0.768. The molecule has 0 N–H and O–H groups in total. The summed E-state index contributed by atoms with van der Waals surface area (Å²) in [7, 11) is 3.99. The highest BCUT2D eigenvalue weighted by Gasteiger charge is 2.40. The van der Waals surface area contributed by atoms with Crippen LogP contribution < -0.4 is 0 Å². The number of hydrogen-bond acceptors (Lipinski definition) is 3. The van der Waals surface area contributed by atoms with Crippen LogP contribution in [0.1, 0.15) is 6.42 Å². The molecule has 2 unspecified atom stereocenters. The summed E-state index contributed by atoms with van der Waals surface area (Å²) in [5, 5.41) is 0. The molecule has 0 spiro atoms. The fourth-order valence-corrected chi connectivity index (χ4v) is 2.27. The van der Waals surface area contributed by atoms with Crippen LogP contribution in [-0.2, 0) is 4.74 Å². The van der Waals surface area contributed by atoms with Gasteiger partial charge in [0.25, 0.3) is 0 Å². The lowest BCUT2D eigenvalue weighted by molar-refractivity contribution is 0.0282. The first-order chi connectivity index (χ1) is 5.31. The molecule has 2 bridgehead atoms. The van der Waals surface area contributed by atoms with Crippen molar-refractivity contribution in [3.63, 3.8) is 0 Å². The summed E-state index contributed by atoms with van der Waals surface area (Å²) < 4.78 is 5.12. The molecule has 2 heterocycles. The van der Waals surface area contributed by atoms with Crippen LogP contribution in [-0.4, -0.2) is 55.9 Å². The molecule has 0 amide bonds. The number of nitrogens with zero attached hydrogens (tertiary/aromatic N) is 2. The molecule has 2 atom stereocenters. The van der Waals surface area contributed by atoms with E-state index in [1.54, 1.807) is 7.11 Å². The highest BCUT2D eigenvalue weighted by atomic mass is 16.5. The van der Waals surface area contributed by atoms with Gasteiger partial charge < -0.3 is 9.64 Å². The van der Waals surface area contributed by atoms with E-state index in [0.717, 1.165) is 18.8 Å². The van der Waals surface area contributed by atoms with Crippen molar-refractivity contribution in [1.82, 2.24) is 9.80 Å². The summed E-state index contributed by atoms with van der Waals surface area (Å²) in [6, 6.07) is 1.57. The van der Waals surface area contributed by atoms with Crippen LogP contribution in [0.5, 0.6) is 0 Å². The molecule has 2 aliphatic heterocycles. The SMILES string of the molecule is COCN1CC2CC1CN2C. The molecule has 3 heteroatoms. The van der Waals surface area contributed by atoms with Crippen LogP contribution in [0, 0.1) is 0 Å². The Kier molecular flexibility index (Phi) is 1.87. The lowest BCUT2D eigenvalue weighted by Gasteiger charge is -2.30. The van der Waals surface area contributed by atoms with E-state index >= 15 is 0 Å². The molecule has 0 aromatic carbocycles. The average molecular weight is 156 g/mol. The molecule has 0 aliphatic carbocycles. The number of ether oxygens (including phenoxy) is 1. The summed E-state index contributed by atoms with van der Waals surface area (Å²) in [6.45, 7) is 3.25. The van der Waals surface area contributed by atoms with Gasteiger partial charge in [-0.15, -0.1) is 0 Å². The van der Waals surface area contributed by atoms with E-state index in [2.05, 4.69) is 16.8 Å². The lowest BCUT2D eigenvalue weighted by atomic mass is 10.2. The zero-order valence-corrected chi connectivity index (χ0v) is 7.29.